The first-order valence-corrected chi connectivity index (χ1v) is 10.4. The lowest BCUT2D eigenvalue weighted by atomic mass is 10.2. The maximum absolute atomic E-state index is 10.6. The fourth-order valence-electron chi connectivity index (χ4n) is 3.23. The highest BCUT2D eigenvalue weighted by atomic mass is 16.5. The van der Waals surface area contributed by atoms with Crippen LogP contribution < -0.4 is 9.92 Å². The molecule has 4 rings (SSSR count). The Labute approximate surface area is 189 Å². The standard InChI is InChI=1S/C23H24N7O3/c31-15-14-28-12-10-19(11-13-28)25-27-23(18-6-2-1-3-7-18)26-24-16-22(32)29-17-30(33)21-9-5-4-8-20(21)29/h1-13,17,22,31-33H,14-16H2/q+1. The number of rotatable bonds is 7. The van der Waals surface area contributed by atoms with Crippen molar-refractivity contribution in [2.24, 2.45) is 20.4 Å². The van der Waals surface area contributed by atoms with Crippen molar-refractivity contribution in [2.45, 2.75) is 12.8 Å². The van der Waals surface area contributed by atoms with E-state index in [0.717, 1.165) is 10.3 Å². The van der Waals surface area contributed by atoms with Crippen molar-refractivity contribution < 1.29 is 20.0 Å². The predicted molar refractivity (Wildman–Crippen MR) is 120 cm³/mol. The summed E-state index contributed by atoms with van der Waals surface area (Å²) in [7, 11) is 0. The van der Waals surface area contributed by atoms with Gasteiger partial charge < -0.3 is 20.0 Å². The van der Waals surface area contributed by atoms with Gasteiger partial charge in [-0.3, -0.25) is 0 Å². The molecule has 0 aliphatic rings. The molecule has 0 fully saturated rings. The van der Waals surface area contributed by atoms with E-state index < -0.39 is 6.23 Å². The van der Waals surface area contributed by atoms with Crippen LogP contribution in [0.3, 0.4) is 0 Å². The molecule has 0 aliphatic heterocycles. The van der Waals surface area contributed by atoms with Gasteiger partial charge >= 0.3 is 0 Å². The Morgan fingerprint density at radius 2 is 1.70 bits per heavy atom. The third-order valence-electron chi connectivity index (χ3n) is 4.90. The molecule has 0 saturated heterocycles. The summed E-state index contributed by atoms with van der Waals surface area (Å²) in [6.45, 7) is 0.514. The Morgan fingerprint density at radius 3 is 2.45 bits per heavy atom. The highest BCUT2D eigenvalue weighted by Gasteiger charge is 2.20. The number of hydrogen-bond acceptors (Lipinski definition) is 6. The fraction of sp³-hybridized carbons (Fsp3) is 0.174. The van der Waals surface area contributed by atoms with Crippen LogP contribution in [0.25, 0.3) is 11.0 Å². The van der Waals surface area contributed by atoms with Crippen molar-refractivity contribution in [1.29, 1.82) is 0 Å². The summed E-state index contributed by atoms with van der Waals surface area (Å²) < 4.78 is 4.31. The Kier molecular flexibility index (Phi) is 6.98. The molecule has 0 saturated carbocycles. The minimum Gasteiger partial charge on any atom is -0.395 e. The van der Waals surface area contributed by atoms with Gasteiger partial charge in [-0.2, -0.15) is 9.68 Å². The quantitative estimate of drug-likeness (QED) is 0.100. The third kappa shape index (κ3) is 5.37. The summed E-state index contributed by atoms with van der Waals surface area (Å²) >= 11 is 0. The lowest BCUT2D eigenvalue weighted by Gasteiger charge is -2.04. The first-order chi connectivity index (χ1) is 16.2. The molecule has 0 amide bonds. The van der Waals surface area contributed by atoms with Gasteiger partial charge in [-0.25, -0.2) is 0 Å². The van der Waals surface area contributed by atoms with Crippen LogP contribution in [0.15, 0.2) is 106 Å². The van der Waals surface area contributed by atoms with Gasteiger partial charge in [-0.1, -0.05) is 42.5 Å². The molecule has 1 atom stereocenters. The third-order valence-corrected chi connectivity index (χ3v) is 4.90. The average Bonchev–Trinajstić information content (AvgIpc) is 3.19. The SMILES string of the molecule is OCCn1ccc(=NN=C(N=NCC(O)[n+]2cn(O)c3ccccc32)c2ccccc2)cc1. The van der Waals surface area contributed by atoms with Gasteiger partial charge in [0.1, 0.15) is 6.54 Å². The predicted octanol–water partition coefficient (Wildman–Crippen LogP) is 1.87. The van der Waals surface area contributed by atoms with Crippen molar-refractivity contribution in [3.63, 3.8) is 0 Å². The van der Waals surface area contributed by atoms with Crippen molar-refractivity contribution in [1.82, 2.24) is 9.30 Å². The largest absolute Gasteiger partial charge is 0.395 e. The van der Waals surface area contributed by atoms with Crippen molar-refractivity contribution in [3.05, 3.63) is 96.4 Å². The normalized spacial score (nSPS) is 13.0. The zero-order chi connectivity index (χ0) is 23.0. The van der Waals surface area contributed by atoms with Crippen molar-refractivity contribution in [3.8, 4) is 0 Å². The number of amidine groups is 1. The summed E-state index contributed by atoms with van der Waals surface area (Å²) in [6, 6.07) is 20.0. The molecule has 2 aromatic heterocycles. The van der Waals surface area contributed by atoms with Gasteiger partial charge in [0.15, 0.2) is 5.52 Å². The van der Waals surface area contributed by atoms with Crippen molar-refractivity contribution >= 4 is 16.9 Å². The second-order valence-electron chi connectivity index (χ2n) is 7.17. The van der Waals surface area contributed by atoms with Crippen LogP contribution in [-0.2, 0) is 6.54 Å². The van der Waals surface area contributed by atoms with Gasteiger partial charge in [0.25, 0.3) is 6.33 Å². The highest BCUT2D eigenvalue weighted by molar-refractivity contribution is 5.98. The number of aliphatic hydroxyl groups excluding tert-OH is 2. The number of aliphatic hydroxyl groups is 2. The van der Waals surface area contributed by atoms with Crippen LogP contribution in [0.4, 0.5) is 0 Å². The van der Waals surface area contributed by atoms with Gasteiger partial charge in [-0.15, -0.1) is 15.3 Å². The molecule has 0 radical (unpaired) electrons. The van der Waals surface area contributed by atoms with E-state index in [0.29, 0.717) is 28.8 Å². The minimum absolute atomic E-state index is 0.0446. The number of fused-ring (bicyclic) bond motifs is 1. The molecule has 10 heteroatoms. The highest BCUT2D eigenvalue weighted by Crippen LogP contribution is 2.11. The smallest absolute Gasteiger partial charge is 0.287 e. The molecule has 1 unspecified atom stereocenters. The summed E-state index contributed by atoms with van der Waals surface area (Å²) in [5.41, 5.74) is 1.96. The molecule has 0 bridgehead atoms. The van der Waals surface area contributed by atoms with Crippen LogP contribution in [0, 0.1) is 0 Å². The number of nitrogens with zero attached hydrogens (tertiary/aromatic N) is 7. The Bertz CT molecular complexity index is 1320. The first kappa shape index (κ1) is 22.1. The zero-order valence-corrected chi connectivity index (χ0v) is 17.8. The molecule has 168 valence electrons. The number of pyridine rings is 1. The molecule has 10 nitrogen and oxygen atoms in total. The number of para-hydroxylation sites is 2. The van der Waals surface area contributed by atoms with Gasteiger partial charge in [0, 0.05) is 24.5 Å². The summed E-state index contributed by atoms with van der Waals surface area (Å²) in [6.07, 6.45) is 3.97. The summed E-state index contributed by atoms with van der Waals surface area (Å²) in [4.78, 5) is 0. The molecule has 33 heavy (non-hydrogen) atoms. The number of benzene rings is 2. The lowest BCUT2D eigenvalue weighted by Crippen LogP contribution is -2.40. The van der Waals surface area contributed by atoms with Crippen LogP contribution >= 0.6 is 0 Å². The molecule has 3 N–H and O–H groups in total. The van der Waals surface area contributed by atoms with E-state index in [9.17, 15) is 10.3 Å². The number of imidazole rings is 1. The number of hydrogen-bond donors (Lipinski definition) is 3. The number of azo groups is 1. The van der Waals surface area contributed by atoms with E-state index in [-0.39, 0.29) is 13.2 Å². The molecule has 0 spiro atoms. The van der Waals surface area contributed by atoms with Gasteiger partial charge in [0.2, 0.25) is 17.6 Å². The minimum atomic E-state index is -1.03. The molecule has 4 aromatic rings. The molecule has 2 heterocycles. The monoisotopic (exact) mass is 446 g/mol. The average molecular weight is 446 g/mol. The molecular weight excluding hydrogens is 422 g/mol. The van der Waals surface area contributed by atoms with E-state index in [4.69, 9.17) is 5.11 Å². The molecule has 2 aromatic carbocycles. The maximum Gasteiger partial charge on any atom is 0.287 e. The second-order valence-corrected chi connectivity index (χ2v) is 7.17. The fourth-order valence-corrected chi connectivity index (χ4v) is 3.23. The van der Waals surface area contributed by atoms with Crippen LogP contribution in [0.2, 0.25) is 0 Å². The van der Waals surface area contributed by atoms with Crippen LogP contribution in [-0.4, -0.2) is 43.7 Å². The van der Waals surface area contributed by atoms with E-state index in [1.807, 2.05) is 41.0 Å². The topological polar surface area (TPSA) is 124 Å². The maximum atomic E-state index is 10.6. The molecular formula is C23H24N7O3+. The van der Waals surface area contributed by atoms with E-state index in [2.05, 4.69) is 20.4 Å². The van der Waals surface area contributed by atoms with E-state index in [1.165, 1.54) is 10.9 Å². The van der Waals surface area contributed by atoms with Crippen LogP contribution in [0.5, 0.6) is 0 Å². The first-order valence-electron chi connectivity index (χ1n) is 10.4. The Hall–Kier alpha value is -4.15. The number of aromatic nitrogens is 3. The summed E-state index contributed by atoms with van der Waals surface area (Å²) in [5, 5.41) is 47.1. The Balaban J connectivity index is 1.56. The van der Waals surface area contributed by atoms with Crippen LogP contribution in [0.1, 0.15) is 11.8 Å². The zero-order valence-electron chi connectivity index (χ0n) is 17.8. The lowest BCUT2D eigenvalue weighted by molar-refractivity contribution is -0.735. The van der Waals surface area contributed by atoms with Gasteiger partial charge in [-0.05, 0) is 29.0 Å². The van der Waals surface area contributed by atoms with Gasteiger partial charge in [0.05, 0.1) is 12.0 Å². The van der Waals surface area contributed by atoms with Crippen molar-refractivity contribution in [2.75, 3.05) is 13.2 Å². The molecule has 0 aliphatic carbocycles. The summed E-state index contributed by atoms with van der Waals surface area (Å²) in [5.74, 6) is 0.296. The van der Waals surface area contributed by atoms with E-state index in [1.54, 1.807) is 42.7 Å². The van der Waals surface area contributed by atoms with E-state index >= 15 is 0 Å². The second kappa shape index (κ2) is 10.4. The Morgan fingerprint density at radius 1 is 0.970 bits per heavy atom.